The first-order valence-electron chi connectivity index (χ1n) is 12.3. The van der Waals surface area contributed by atoms with Crippen molar-refractivity contribution in [2.75, 3.05) is 18.6 Å². The van der Waals surface area contributed by atoms with E-state index in [0.717, 1.165) is 39.4 Å². The number of fused-ring (bicyclic) bond motifs is 3. The molecule has 0 bridgehead atoms. The van der Waals surface area contributed by atoms with E-state index >= 15 is 0 Å². The van der Waals surface area contributed by atoms with Crippen LogP contribution in [0.25, 0.3) is 10.4 Å². The number of anilines is 1. The zero-order valence-electron chi connectivity index (χ0n) is 20.3. The van der Waals surface area contributed by atoms with Gasteiger partial charge in [0.2, 0.25) is 5.88 Å². The maximum atomic E-state index is 13.7. The first-order valence-corrected chi connectivity index (χ1v) is 13.1. The molecule has 1 saturated carbocycles. The van der Waals surface area contributed by atoms with Crippen molar-refractivity contribution < 1.29 is 19.1 Å². The van der Waals surface area contributed by atoms with Crippen molar-refractivity contribution >= 4 is 28.7 Å². The van der Waals surface area contributed by atoms with Crippen molar-refractivity contribution in [2.45, 2.75) is 25.7 Å². The third-order valence-electron chi connectivity index (χ3n) is 6.63. The monoisotopic (exact) mass is 511 g/mol. The fraction of sp³-hybridized carbons (Fsp3) is 0.241. The minimum atomic E-state index is -0.212. The van der Waals surface area contributed by atoms with Gasteiger partial charge in [-0.1, -0.05) is 24.3 Å². The maximum absolute atomic E-state index is 13.7. The number of methoxy groups -OCH3 is 1. The molecule has 2 aliphatic rings. The summed E-state index contributed by atoms with van der Waals surface area (Å²) in [7, 11) is 1.52. The lowest BCUT2D eigenvalue weighted by Gasteiger charge is -2.22. The number of thiophene rings is 1. The molecule has 1 aliphatic carbocycles. The number of ketones is 1. The van der Waals surface area contributed by atoms with Gasteiger partial charge in [-0.3, -0.25) is 9.59 Å². The van der Waals surface area contributed by atoms with Crippen LogP contribution in [-0.2, 0) is 6.42 Å². The maximum Gasteiger partial charge on any atom is 0.277 e. The molecular formula is C29H25N3O4S. The summed E-state index contributed by atoms with van der Waals surface area (Å²) < 4.78 is 11.1. The van der Waals surface area contributed by atoms with Crippen molar-refractivity contribution in [2.24, 2.45) is 5.92 Å². The van der Waals surface area contributed by atoms with Crippen molar-refractivity contribution in [3.05, 3.63) is 83.0 Å². The Morgan fingerprint density at radius 1 is 1.08 bits per heavy atom. The van der Waals surface area contributed by atoms with Crippen LogP contribution in [0.15, 0.2) is 66.9 Å². The number of pyridine rings is 2. The summed E-state index contributed by atoms with van der Waals surface area (Å²) in [4.78, 5) is 38.8. The molecule has 0 atom stereocenters. The molecule has 1 aliphatic heterocycles. The van der Waals surface area contributed by atoms with Crippen LogP contribution >= 0.6 is 11.3 Å². The first kappa shape index (κ1) is 23.4. The van der Waals surface area contributed by atoms with Crippen LogP contribution in [0.3, 0.4) is 0 Å². The van der Waals surface area contributed by atoms with Crippen molar-refractivity contribution in [1.29, 1.82) is 0 Å². The van der Waals surface area contributed by atoms with Crippen LogP contribution in [0.1, 0.15) is 45.0 Å². The van der Waals surface area contributed by atoms with E-state index in [9.17, 15) is 9.59 Å². The van der Waals surface area contributed by atoms with Crippen LogP contribution in [0.2, 0.25) is 0 Å². The van der Waals surface area contributed by atoms with Gasteiger partial charge in [0.25, 0.3) is 11.8 Å². The molecule has 1 amide bonds. The molecule has 0 unspecified atom stereocenters. The average Bonchev–Trinajstić information content (AvgIpc) is 3.67. The van der Waals surface area contributed by atoms with Crippen LogP contribution < -0.4 is 14.4 Å². The zero-order valence-corrected chi connectivity index (χ0v) is 21.2. The normalized spacial score (nSPS) is 14.4. The molecular weight excluding hydrogens is 486 g/mol. The number of hydrogen-bond acceptors (Lipinski definition) is 7. The lowest BCUT2D eigenvalue weighted by Crippen LogP contribution is -2.33. The van der Waals surface area contributed by atoms with E-state index < -0.39 is 0 Å². The smallest absolute Gasteiger partial charge is 0.277 e. The number of ether oxygens (including phenoxy) is 2. The van der Waals surface area contributed by atoms with Crippen molar-refractivity contribution in [3.8, 4) is 28.0 Å². The minimum Gasteiger partial charge on any atom is -0.478 e. The van der Waals surface area contributed by atoms with Gasteiger partial charge in [-0.2, -0.15) is 0 Å². The second-order valence-electron chi connectivity index (χ2n) is 9.23. The van der Waals surface area contributed by atoms with Gasteiger partial charge in [0.1, 0.15) is 5.69 Å². The van der Waals surface area contributed by atoms with Crippen LogP contribution in [0.4, 0.5) is 5.69 Å². The molecule has 7 nitrogen and oxygen atoms in total. The second kappa shape index (κ2) is 9.78. The molecule has 0 saturated heterocycles. The number of nitrogens with zero attached hydrogens (tertiary/aromatic N) is 3. The summed E-state index contributed by atoms with van der Waals surface area (Å²) in [5.41, 5.74) is 3.17. The number of benzene rings is 1. The molecule has 3 aromatic heterocycles. The largest absolute Gasteiger partial charge is 0.478 e. The van der Waals surface area contributed by atoms with Gasteiger partial charge in [-0.05, 0) is 61.1 Å². The summed E-state index contributed by atoms with van der Waals surface area (Å²) in [5.74, 6) is 1.61. The number of amides is 1. The number of Topliss-reactive ketones (excluding diaryl/α,β-unsaturated/α-hetero) is 1. The fourth-order valence-electron chi connectivity index (χ4n) is 4.58. The molecule has 0 spiro atoms. The molecule has 37 heavy (non-hydrogen) atoms. The SMILES string of the molecule is COc1ncccc1Oc1cccc(C(=O)N2CCc3cc(C(=O)CC4CC4)sc3-c3ccccc32)n1. The lowest BCUT2D eigenvalue weighted by molar-refractivity contribution is 0.0972. The molecule has 4 aromatic rings. The highest BCUT2D eigenvalue weighted by Crippen LogP contribution is 2.43. The fourth-order valence-corrected chi connectivity index (χ4v) is 5.77. The lowest BCUT2D eigenvalue weighted by atomic mass is 10.1. The number of carbonyl (C=O) groups is 2. The van der Waals surface area contributed by atoms with Gasteiger partial charge >= 0.3 is 0 Å². The van der Waals surface area contributed by atoms with Gasteiger partial charge in [-0.25, -0.2) is 9.97 Å². The topological polar surface area (TPSA) is 81.6 Å². The van der Waals surface area contributed by atoms with Crippen molar-refractivity contribution in [3.63, 3.8) is 0 Å². The second-order valence-corrected chi connectivity index (χ2v) is 10.3. The Bertz CT molecular complexity index is 1490. The molecule has 186 valence electrons. The third-order valence-corrected chi connectivity index (χ3v) is 7.88. The summed E-state index contributed by atoms with van der Waals surface area (Å²) in [5, 5.41) is 0. The van der Waals surface area contributed by atoms with Gasteiger partial charge in [0.15, 0.2) is 11.5 Å². The Balaban J connectivity index is 1.29. The van der Waals surface area contributed by atoms with E-state index in [0.29, 0.717) is 36.9 Å². The molecule has 1 aromatic carbocycles. The van der Waals surface area contributed by atoms with Gasteiger partial charge < -0.3 is 14.4 Å². The Hall–Kier alpha value is -4.04. The van der Waals surface area contributed by atoms with Gasteiger partial charge in [-0.15, -0.1) is 11.3 Å². The third kappa shape index (κ3) is 4.72. The highest BCUT2D eigenvalue weighted by molar-refractivity contribution is 7.17. The molecule has 8 heteroatoms. The standard InChI is InChI=1S/C29H25N3O4S/c1-35-28-24(9-5-14-30-28)36-26-10-4-7-21(31-26)29(34)32-15-13-19-17-25(23(33)16-18-11-12-18)37-27(19)20-6-2-3-8-22(20)32/h2-10,14,17-18H,11-13,15-16H2,1H3. The molecule has 6 rings (SSSR count). The predicted octanol–water partition coefficient (Wildman–Crippen LogP) is 6.19. The van der Waals surface area contributed by atoms with E-state index in [1.165, 1.54) is 7.11 Å². The van der Waals surface area contributed by atoms with E-state index in [1.807, 2.05) is 30.3 Å². The Labute approximate surface area is 218 Å². The molecule has 4 heterocycles. The predicted molar refractivity (Wildman–Crippen MR) is 142 cm³/mol. The van der Waals surface area contributed by atoms with Gasteiger partial charge in [0, 0.05) is 35.7 Å². The van der Waals surface area contributed by atoms with E-state index in [1.54, 1.807) is 52.8 Å². The average molecular weight is 512 g/mol. The number of carbonyl (C=O) groups excluding carboxylic acids is 2. The summed E-state index contributed by atoms with van der Waals surface area (Å²) in [6.07, 6.45) is 5.23. The van der Waals surface area contributed by atoms with Crippen LogP contribution in [-0.4, -0.2) is 35.3 Å². The molecule has 1 fully saturated rings. The van der Waals surface area contributed by atoms with Crippen LogP contribution in [0, 0.1) is 5.92 Å². The summed E-state index contributed by atoms with van der Waals surface area (Å²) in [6, 6.07) is 18.5. The van der Waals surface area contributed by atoms with E-state index in [-0.39, 0.29) is 23.3 Å². The Kier molecular flexibility index (Phi) is 6.18. The van der Waals surface area contributed by atoms with Gasteiger partial charge in [0.05, 0.1) is 17.7 Å². The summed E-state index contributed by atoms with van der Waals surface area (Å²) in [6.45, 7) is 0.485. The van der Waals surface area contributed by atoms with Crippen LogP contribution in [0.5, 0.6) is 17.5 Å². The molecule has 0 radical (unpaired) electrons. The van der Waals surface area contributed by atoms with Crippen molar-refractivity contribution in [1.82, 2.24) is 9.97 Å². The summed E-state index contributed by atoms with van der Waals surface area (Å²) >= 11 is 1.55. The van der Waals surface area contributed by atoms with E-state index in [2.05, 4.69) is 9.97 Å². The Morgan fingerprint density at radius 3 is 2.78 bits per heavy atom. The zero-order chi connectivity index (χ0) is 25.4. The number of hydrogen-bond donors (Lipinski definition) is 0. The first-order chi connectivity index (χ1) is 18.1. The Morgan fingerprint density at radius 2 is 1.95 bits per heavy atom. The van der Waals surface area contributed by atoms with E-state index in [4.69, 9.17) is 9.47 Å². The quantitative estimate of drug-likeness (QED) is 0.275. The number of aromatic nitrogens is 2. The number of rotatable bonds is 7. The highest BCUT2D eigenvalue weighted by atomic mass is 32.1. The molecule has 0 N–H and O–H groups in total. The highest BCUT2D eigenvalue weighted by Gasteiger charge is 2.30. The number of para-hydroxylation sites is 1. The minimum absolute atomic E-state index is 0.212.